The summed E-state index contributed by atoms with van der Waals surface area (Å²) in [5.74, 6) is -0.930. The van der Waals surface area contributed by atoms with Crippen LogP contribution in [0, 0.1) is 6.92 Å². The second kappa shape index (κ2) is 11.8. The summed E-state index contributed by atoms with van der Waals surface area (Å²) in [5, 5.41) is 3.42. The van der Waals surface area contributed by atoms with Gasteiger partial charge in [0.25, 0.3) is 10.0 Å². The van der Waals surface area contributed by atoms with Gasteiger partial charge in [-0.1, -0.05) is 53.5 Å². The lowest BCUT2D eigenvalue weighted by atomic mass is 10.1. The number of para-hydroxylation sites is 1. The molecule has 36 heavy (non-hydrogen) atoms. The average molecular weight is 548 g/mol. The van der Waals surface area contributed by atoms with Crippen LogP contribution in [0.3, 0.4) is 0 Å². The van der Waals surface area contributed by atoms with E-state index in [0.717, 1.165) is 4.31 Å². The Kier molecular flexibility index (Phi) is 9.00. The van der Waals surface area contributed by atoms with Crippen molar-refractivity contribution in [1.29, 1.82) is 0 Å². The van der Waals surface area contributed by atoms with Gasteiger partial charge in [0, 0.05) is 23.6 Å². The Balaban J connectivity index is 2.05. The van der Waals surface area contributed by atoms with Crippen LogP contribution >= 0.6 is 23.2 Å². The molecule has 0 aliphatic rings. The summed E-state index contributed by atoms with van der Waals surface area (Å²) < 4.78 is 28.5. The molecule has 1 N–H and O–H groups in total. The molecular weight excluding hydrogens is 521 g/mol. The van der Waals surface area contributed by atoms with E-state index >= 15 is 0 Å². The quantitative estimate of drug-likeness (QED) is 0.422. The van der Waals surface area contributed by atoms with E-state index < -0.39 is 28.5 Å². The number of carbonyl (C=O) groups excluding carboxylic acids is 2. The van der Waals surface area contributed by atoms with E-state index in [1.54, 1.807) is 62.4 Å². The van der Waals surface area contributed by atoms with Gasteiger partial charge in [-0.05, 0) is 67.4 Å². The van der Waals surface area contributed by atoms with E-state index in [1.165, 1.54) is 36.2 Å². The topological polar surface area (TPSA) is 86.8 Å². The van der Waals surface area contributed by atoms with Crippen LogP contribution in [0.5, 0.6) is 0 Å². The van der Waals surface area contributed by atoms with Crippen LogP contribution in [-0.4, -0.2) is 44.8 Å². The molecule has 1 atom stereocenters. The zero-order valence-electron chi connectivity index (χ0n) is 20.1. The molecule has 3 aromatic carbocycles. The number of benzene rings is 3. The zero-order chi connectivity index (χ0) is 26.5. The first kappa shape index (κ1) is 27.5. The Morgan fingerprint density at radius 1 is 0.944 bits per heavy atom. The van der Waals surface area contributed by atoms with Crippen molar-refractivity contribution in [3.8, 4) is 0 Å². The van der Waals surface area contributed by atoms with Gasteiger partial charge >= 0.3 is 0 Å². The van der Waals surface area contributed by atoms with Crippen molar-refractivity contribution in [3.05, 3.63) is 94.0 Å². The third kappa shape index (κ3) is 6.37. The summed E-state index contributed by atoms with van der Waals surface area (Å²) in [5.41, 5.74) is 1.73. The number of nitrogens with one attached hydrogen (secondary N) is 1. The maximum Gasteiger partial charge on any atom is 0.264 e. The number of hydrogen-bond acceptors (Lipinski definition) is 4. The fraction of sp³-hybridized carbons (Fsp3) is 0.231. The molecule has 2 amide bonds. The summed E-state index contributed by atoms with van der Waals surface area (Å²) in [6, 6.07) is 18.7. The molecule has 7 nitrogen and oxygen atoms in total. The molecule has 0 spiro atoms. The Morgan fingerprint density at radius 3 is 2.22 bits per heavy atom. The maximum atomic E-state index is 13.7. The normalized spacial score (nSPS) is 12.0. The highest BCUT2D eigenvalue weighted by Crippen LogP contribution is 2.28. The monoisotopic (exact) mass is 547 g/mol. The first-order valence-electron chi connectivity index (χ1n) is 11.1. The zero-order valence-corrected chi connectivity index (χ0v) is 22.4. The minimum atomic E-state index is -4.15. The second-order valence-electron chi connectivity index (χ2n) is 8.19. The lowest BCUT2D eigenvalue weighted by Gasteiger charge is -2.32. The molecule has 3 rings (SSSR count). The molecule has 0 heterocycles. The number of rotatable bonds is 9. The van der Waals surface area contributed by atoms with Gasteiger partial charge in [-0.2, -0.15) is 0 Å². The molecule has 0 aromatic heterocycles. The molecule has 0 saturated carbocycles. The van der Waals surface area contributed by atoms with Gasteiger partial charge in [-0.25, -0.2) is 8.42 Å². The molecule has 0 unspecified atom stereocenters. The van der Waals surface area contributed by atoms with Gasteiger partial charge in [-0.3, -0.25) is 13.9 Å². The number of aryl methyl sites for hydroxylation is 1. The maximum absolute atomic E-state index is 13.7. The van der Waals surface area contributed by atoms with E-state index in [-0.39, 0.29) is 17.3 Å². The van der Waals surface area contributed by atoms with Gasteiger partial charge in [0.05, 0.1) is 10.6 Å². The molecule has 10 heteroatoms. The number of hydrogen-bond donors (Lipinski definition) is 1. The molecule has 0 bridgehead atoms. The lowest BCUT2D eigenvalue weighted by Crippen LogP contribution is -2.50. The number of carbonyl (C=O) groups is 2. The van der Waals surface area contributed by atoms with Gasteiger partial charge < -0.3 is 10.2 Å². The fourth-order valence-corrected chi connectivity index (χ4v) is 5.53. The summed E-state index contributed by atoms with van der Waals surface area (Å²) in [6.45, 7) is 2.91. The predicted octanol–water partition coefficient (Wildman–Crippen LogP) is 4.66. The minimum absolute atomic E-state index is 0.0105. The Hall–Kier alpha value is -3.07. The first-order chi connectivity index (χ1) is 17.0. The van der Waals surface area contributed by atoms with Crippen molar-refractivity contribution in [2.75, 3.05) is 17.9 Å². The summed E-state index contributed by atoms with van der Waals surface area (Å²) in [7, 11) is -2.67. The number of likely N-dealkylation sites (N-methyl/N-ethyl adjacent to an activating group) is 1. The third-order valence-corrected chi connectivity index (χ3v) is 7.98. The van der Waals surface area contributed by atoms with Crippen molar-refractivity contribution < 1.29 is 18.0 Å². The van der Waals surface area contributed by atoms with Crippen molar-refractivity contribution >= 4 is 50.7 Å². The molecule has 0 radical (unpaired) electrons. The van der Waals surface area contributed by atoms with Crippen LogP contribution in [0.4, 0.5) is 5.69 Å². The van der Waals surface area contributed by atoms with Crippen molar-refractivity contribution in [3.63, 3.8) is 0 Å². The highest BCUT2D eigenvalue weighted by molar-refractivity contribution is 7.92. The highest BCUT2D eigenvalue weighted by atomic mass is 35.5. The van der Waals surface area contributed by atoms with E-state index in [1.807, 2.05) is 0 Å². The van der Waals surface area contributed by atoms with Gasteiger partial charge in [-0.15, -0.1) is 0 Å². The average Bonchev–Trinajstić information content (AvgIpc) is 2.85. The minimum Gasteiger partial charge on any atom is -0.357 e. The van der Waals surface area contributed by atoms with Crippen molar-refractivity contribution in [1.82, 2.24) is 10.2 Å². The van der Waals surface area contributed by atoms with Crippen LogP contribution < -0.4 is 9.62 Å². The van der Waals surface area contributed by atoms with Crippen LogP contribution in [-0.2, 0) is 26.2 Å². The smallest absolute Gasteiger partial charge is 0.264 e. The van der Waals surface area contributed by atoms with Crippen molar-refractivity contribution in [2.24, 2.45) is 0 Å². The Labute approximate surface area is 221 Å². The second-order valence-corrected chi connectivity index (χ2v) is 10.9. The van der Waals surface area contributed by atoms with Gasteiger partial charge in [0.2, 0.25) is 11.8 Å². The summed E-state index contributed by atoms with van der Waals surface area (Å²) >= 11 is 12.1. The molecular formula is C26H27Cl2N3O4S. The van der Waals surface area contributed by atoms with Gasteiger partial charge in [0.1, 0.15) is 12.6 Å². The summed E-state index contributed by atoms with van der Waals surface area (Å²) in [6.07, 6.45) is 0. The van der Waals surface area contributed by atoms with E-state index in [0.29, 0.717) is 26.9 Å². The molecule has 0 fully saturated rings. The lowest BCUT2D eigenvalue weighted by molar-refractivity contribution is -0.139. The number of anilines is 1. The largest absolute Gasteiger partial charge is 0.357 e. The molecule has 0 saturated heterocycles. The van der Waals surface area contributed by atoms with Crippen LogP contribution in [0.1, 0.15) is 18.1 Å². The van der Waals surface area contributed by atoms with Gasteiger partial charge in [0.15, 0.2) is 0 Å². The molecule has 190 valence electrons. The Bertz CT molecular complexity index is 1350. The third-order valence-electron chi connectivity index (χ3n) is 5.72. The first-order valence-corrected chi connectivity index (χ1v) is 13.3. The molecule has 3 aromatic rings. The van der Waals surface area contributed by atoms with E-state index in [9.17, 15) is 18.0 Å². The number of amides is 2. The van der Waals surface area contributed by atoms with Crippen LogP contribution in [0.25, 0.3) is 0 Å². The summed E-state index contributed by atoms with van der Waals surface area (Å²) in [4.78, 5) is 27.5. The predicted molar refractivity (Wildman–Crippen MR) is 143 cm³/mol. The highest BCUT2D eigenvalue weighted by Gasteiger charge is 2.32. The number of sulfonamides is 1. The van der Waals surface area contributed by atoms with Crippen molar-refractivity contribution in [2.45, 2.75) is 31.3 Å². The van der Waals surface area contributed by atoms with E-state index in [2.05, 4.69) is 5.32 Å². The number of halogens is 2. The fourth-order valence-electron chi connectivity index (χ4n) is 3.71. The Morgan fingerprint density at radius 2 is 1.61 bits per heavy atom. The molecule has 0 aliphatic heterocycles. The molecule has 0 aliphatic carbocycles. The van der Waals surface area contributed by atoms with E-state index in [4.69, 9.17) is 23.2 Å². The van der Waals surface area contributed by atoms with Crippen LogP contribution in [0.15, 0.2) is 77.7 Å². The SMILES string of the molecule is CNC(=O)[C@@H](C)N(Cc1cccc(Cl)c1)C(=O)CN(c1ccccc1C)S(=O)(=O)c1ccc(Cl)cc1. The standard InChI is InChI=1S/C26H27Cl2N3O4S/c1-18-7-4-5-10-24(18)31(36(34,35)23-13-11-21(27)12-14-23)17-25(32)30(19(2)26(33)29-3)16-20-8-6-9-22(28)15-20/h4-15,19H,16-17H2,1-3H3,(H,29,33)/t19-/m1/s1. The van der Waals surface area contributed by atoms with Crippen LogP contribution in [0.2, 0.25) is 10.0 Å². The number of nitrogens with zero attached hydrogens (tertiary/aromatic N) is 2.